The molecule has 2 rings (SSSR count). The van der Waals surface area contributed by atoms with Crippen molar-refractivity contribution in [2.24, 2.45) is 0 Å². The molecule has 1 amide bonds. The second kappa shape index (κ2) is 9.38. The first-order valence-corrected chi connectivity index (χ1v) is 9.05. The van der Waals surface area contributed by atoms with Crippen molar-refractivity contribution in [1.29, 1.82) is 0 Å². The van der Waals surface area contributed by atoms with Gasteiger partial charge in [-0.15, -0.1) is 0 Å². The Labute approximate surface area is 162 Å². The number of hydrogen-bond donors (Lipinski definition) is 0. The predicted octanol–water partition coefficient (Wildman–Crippen LogP) is 4.05. The number of carbonyl (C=O) groups is 2. The van der Waals surface area contributed by atoms with Gasteiger partial charge in [0.05, 0.1) is 12.7 Å². The maximum Gasteiger partial charge on any atom is 0.339 e. The molecule has 0 radical (unpaired) electrons. The molecular formula is C20H22BrNO4. The second-order valence-corrected chi connectivity index (χ2v) is 6.88. The Kier molecular flexibility index (Phi) is 7.21. The number of esters is 1. The monoisotopic (exact) mass is 419 g/mol. The van der Waals surface area contributed by atoms with Crippen LogP contribution in [0.3, 0.4) is 0 Å². The molecule has 6 heteroatoms. The number of hydrogen-bond acceptors (Lipinski definition) is 4. The van der Waals surface area contributed by atoms with Crippen LogP contribution in [0.4, 0.5) is 0 Å². The fourth-order valence-corrected chi connectivity index (χ4v) is 2.82. The summed E-state index contributed by atoms with van der Waals surface area (Å²) in [7, 11) is 1.52. The van der Waals surface area contributed by atoms with Crippen LogP contribution in [0.15, 0.2) is 53.0 Å². The van der Waals surface area contributed by atoms with Crippen LogP contribution in [-0.4, -0.2) is 36.5 Å². The topological polar surface area (TPSA) is 55.8 Å². The van der Waals surface area contributed by atoms with E-state index in [-0.39, 0.29) is 18.6 Å². The van der Waals surface area contributed by atoms with Gasteiger partial charge in [0.2, 0.25) is 0 Å². The third-order valence-corrected chi connectivity index (χ3v) is 4.55. The number of halogens is 1. The van der Waals surface area contributed by atoms with E-state index in [0.717, 1.165) is 5.56 Å². The van der Waals surface area contributed by atoms with Gasteiger partial charge in [0.25, 0.3) is 5.91 Å². The Morgan fingerprint density at radius 1 is 1.12 bits per heavy atom. The van der Waals surface area contributed by atoms with Crippen molar-refractivity contribution in [3.63, 3.8) is 0 Å². The van der Waals surface area contributed by atoms with Crippen LogP contribution < -0.4 is 4.74 Å². The average Bonchev–Trinajstić information content (AvgIpc) is 2.65. The summed E-state index contributed by atoms with van der Waals surface area (Å²) in [6.07, 6.45) is 0. The molecule has 0 saturated heterocycles. The molecule has 0 aromatic heterocycles. The fourth-order valence-electron chi connectivity index (χ4n) is 2.41. The van der Waals surface area contributed by atoms with E-state index in [0.29, 0.717) is 22.3 Å². The number of methoxy groups -OCH3 is 1. The second-order valence-electron chi connectivity index (χ2n) is 6.02. The van der Waals surface area contributed by atoms with Crippen molar-refractivity contribution in [3.8, 4) is 5.75 Å². The summed E-state index contributed by atoms with van der Waals surface area (Å²) < 4.78 is 10.9. The largest absolute Gasteiger partial charge is 0.497 e. The number of ether oxygens (including phenoxy) is 2. The Bertz CT molecular complexity index is 762. The number of nitrogens with zero attached hydrogens (tertiary/aromatic N) is 1. The molecule has 0 heterocycles. The zero-order valence-electron chi connectivity index (χ0n) is 15.1. The van der Waals surface area contributed by atoms with Crippen molar-refractivity contribution in [3.05, 3.63) is 64.1 Å². The minimum Gasteiger partial charge on any atom is -0.497 e. The van der Waals surface area contributed by atoms with Gasteiger partial charge >= 0.3 is 5.97 Å². The summed E-state index contributed by atoms with van der Waals surface area (Å²) in [5.74, 6) is -0.275. The molecule has 0 aliphatic carbocycles. The highest BCUT2D eigenvalue weighted by Crippen LogP contribution is 2.23. The van der Waals surface area contributed by atoms with Crippen molar-refractivity contribution in [2.75, 3.05) is 13.7 Å². The molecule has 0 saturated carbocycles. The van der Waals surface area contributed by atoms with Gasteiger partial charge in [0.15, 0.2) is 6.61 Å². The van der Waals surface area contributed by atoms with Gasteiger partial charge in [0.1, 0.15) is 5.75 Å². The summed E-state index contributed by atoms with van der Waals surface area (Å²) in [4.78, 5) is 26.5. The first kappa shape index (κ1) is 20.0. The van der Waals surface area contributed by atoms with Gasteiger partial charge < -0.3 is 14.4 Å². The standard InChI is InChI=1S/C20H22BrNO4/c1-14(2)22(12-15-7-5-4-6-8-15)19(23)13-26-20(24)17-11-16(25-3)9-10-18(17)21/h4-11,14H,12-13H2,1-3H3. The predicted molar refractivity (Wildman–Crippen MR) is 103 cm³/mol. The van der Waals surface area contributed by atoms with E-state index in [2.05, 4.69) is 15.9 Å². The van der Waals surface area contributed by atoms with Gasteiger partial charge in [-0.1, -0.05) is 30.3 Å². The van der Waals surface area contributed by atoms with Gasteiger partial charge in [0, 0.05) is 17.1 Å². The number of benzene rings is 2. The molecule has 2 aromatic carbocycles. The lowest BCUT2D eigenvalue weighted by atomic mass is 10.2. The van der Waals surface area contributed by atoms with E-state index < -0.39 is 5.97 Å². The SMILES string of the molecule is COc1ccc(Br)c(C(=O)OCC(=O)N(Cc2ccccc2)C(C)C)c1. The van der Waals surface area contributed by atoms with E-state index in [9.17, 15) is 9.59 Å². The summed E-state index contributed by atoms with van der Waals surface area (Å²) in [6.45, 7) is 4.02. The van der Waals surface area contributed by atoms with Gasteiger partial charge in [-0.05, 0) is 53.5 Å². The van der Waals surface area contributed by atoms with Crippen LogP contribution >= 0.6 is 15.9 Å². The van der Waals surface area contributed by atoms with Crippen molar-refractivity contribution < 1.29 is 19.1 Å². The van der Waals surface area contributed by atoms with E-state index in [1.807, 2.05) is 44.2 Å². The van der Waals surface area contributed by atoms with E-state index >= 15 is 0 Å². The Hall–Kier alpha value is -2.34. The third kappa shape index (κ3) is 5.33. The molecule has 138 valence electrons. The maximum atomic E-state index is 12.5. The third-order valence-electron chi connectivity index (χ3n) is 3.86. The molecular weight excluding hydrogens is 398 g/mol. The van der Waals surface area contributed by atoms with Crippen LogP contribution in [-0.2, 0) is 16.1 Å². The van der Waals surface area contributed by atoms with Crippen LogP contribution in [0.2, 0.25) is 0 Å². The first-order valence-electron chi connectivity index (χ1n) is 8.26. The Morgan fingerprint density at radius 3 is 2.42 bits per heavy atom. The van der Waals surface area contributed by atoms with Crippen molar-refractivity contribution in [2.45, 2.75) is 26.4 Å². The molecule has 2 aromatic rings. The highest BCUT2D eigenvalue weighted by atomic mass is 79.9. The van der Waals surface area contributed by atoms with Crippen LogP contribution in [0.1, 0.15) is 29.8 Å². The molecule has 5 nitrogen and oxygen atoms in total. The number of amides is 1. The van der Waals surface area contributed by atoms with Gasteiger partial charge in [-0.25, -0.2) is 4.79 Å². The molecule has 0 bridgehead atoms. The first-order chi connectivity index (χ1) is 12.4. The molecule has 0 N–H and O–H groups in total. The zero-order chi connectivity index (χ0) is 19.1. The normalized spacial score (nSPS) is 10.5. The number of rotatable bonds is 7. The minimum absolute atomic E-state index is 0.00929. The molecule has 0 unspecified atom stereocenters. The molecule has 0 atom stereocenters. The minimum atomic E-state index is -0.576. The molecule has 26 heavy (non-hydrogen) atoms. The van der Waals surface area contributed by atoms with Crippen LogP contribution in [0.5, 0.6) is 5.75 Å². The molecule has 0 fully saturated rings. The summed E-state index contributed by atoms with van der Waals surface area (Å²) >= 11 is 3.31. The zero-order valence-corrected chi connectivity index (χ0v) is 16.7. The quantitative estimate of drug-likeness (QED) is 0.635. The Balaban J connectivity index is 2.02. The van der Waals surface area contributed by atoms with Gasteiger partial charge in [-0.3, -0.25) is 4.79 Å². The lowest BCUT2D eigenvalue weighted by molar-refractivity contribution is -0.136. The fraction of sp³-hybridized carbons (Fsp3) is 0.300. The lowest BCUT2D eigenvalue weighted by Crippen LogP contribution is -2.39. The Morgan fingerprint density at radius 2 is 1.81 bits per heavy atom. The van der Waals surface area contributed by atoms with Crippen molar-refractivity contribution >= 4 is 27.8 Å². The number of carbonyl (C=O) groups excluding carboxylic acids is 2. The maximum absolute atomic E-state index is 12.5. The molecule has 0 aliphatic heterocycles. The smallest absolute Gasteiger partial charge is 0.339 e. The summed E-state index contributed by atoms with van der Waals surface area (Å²) in [5.41, 5.74) is 1.34. The highest BCUT2D eigenvalue weighted by Gasteiger charge is 2.20. The van der Waals surface area contributed by atoms with Crippen LogP contribution in [0, 0.1) is 0 Å². The highest BCUT2D eigenvalue weighted by molar-refractivity contribution is 9.10. The van der Waals surface area contributed by atoms with E-state index in [4.69, 9.17) is 9.47 Å². The summed E-state index contributed by atoms with van der Waals surface area (Å²) in [6, 6.07) is 14.7. The lowest BCUT2D eigenvalue weighted by Gasteiger charge is -2.26. The van der Waals surface area contributed by atoms with E-state index in [1.54, 1.807) is 23.1 Å². The van der Waals surface area contributed by atoms with Crippen molar-refractivity contribution in [1.82, 2.24) is 4.90 Å². The molecule has 0 spiro atoms. The van der Waals surface area contributed by atoms with Crippen LogP contribution in [0.25, 0.3) is 0 Å². The van der Waals surface area contributed by atoms with Gasteiger partial charge in [-0.2, -0.15) is 0 Å². The molecule has 0 aliphatic rings. The van der Waals surface area contributed by atoms with E-state index in [1.165, 1.54) is 7.11 Å². The summed E-state index contributed by atoms with van der Waals surface area (Å²) in [5, 5.41) is 0. The average molecular weight is 420 g/mol.